The Balaban J connectivity index is 1.81. The zero-order valence-corrected chi connectivity index (χ0v) is 10.5. The molecule has 2 rings (SSSR count). The lowest BCUT2D eigenvalue weighted by atomic mass is 9.79. The van der Waals surface area contributed by atoms with Crippen LogP contribution in [-0.4, -0.2) is 38.9 Å². The van der Waals surface area contributed by atoms with Crippen molar-refractivity contribution in [3.63, 3.8) is 0 Å². The number of hydrogen-bond acceptors (Lipinski definition) is 3. The van der Waals surface area contributed by atoms with E-state index in [1.54, 1.807) is 7.11 Å². The van der Waals surface area contributed by atoms with Gasteiger partial charge in [0.05, 0.1) is 6.61 Å². The topological polar surface area (TPSA) is 33.3 Å². The van der Waals surface area contributed by atoms with Gasteiger partial charge in [0.15, 0.2) is 0 Å². The maximum atomic E-state index is 5.12. The molecule has 0 radical (unpaired) electrons. The maximum absolute atomic E-state index is 5.12. The molecule has 0 aromatic heterocycles. The summed E-state index contributed by atoms with van der Waals surface area (Å²) in [7, 11) is 1.78. The lowest BCUT2D eigenvalue weighted by Crippen LogP contribution is -2.47. The first-order chi connectivity index (χ1) is 7.92. The number of nitrogens with one attached hydrogen (secondary N) is 2. The van der Waals surface area contributed by atoms with Crippen molar-refractivity contribution in [3.05, 3.63) is 0 Å². The molecule has 0 aromatic rings. The Hall–Kier alpha value is -0.120. The quantitative estimate of drug-likeness (QED) is 0.698. The number of rotatable bonds is 5. The van der Waals surface area contributed by atoms with Crippen molar-refractivity contribution >= 4 is 0 Å². The Morgan fingerprint density at radius 2 is 2.06 bits per heavy atom. The van der Waals surface area contributed by atoms with E-state index in [9.17, 15) is 0 Å². The van der Waals surface area contributed by atoms with E-state index in [0.717, 1.165) is 31.2 Å². The van der Waals surface area contributed by atoms with E-state index in [4.69, 9.17) is 4.74 Å². The van der Waals surface area contributed by atoms with E-state index in [-0.39, 0.29) is 0 Å². The highest BCUT2D eigenvalue weighted by atomic mass is 16.5. The lowest BCUT2D eigenvalue weighted by Gasteiger charge is -2.36. The van der Waals surface area contributed by atoms with E-state index < -0.39 is 0 Å². The van der Waals surface area contributed by atoms with Gasteiger partial charge < -0.3 is 15.4 Å². The van der Waals surface area contributed by atoms with Gasteiger partial charge in [0, 0.05) is 25.7 Å². The van der Waals surface area contributed by atoms with Crippen LogP contribution in [0.5, 0.6) is 0 Å². The van der Waals surface area contributed by atoms with Gasteiger partial charge in [-0.05, 0) is 38.1 Å². The van der Waals surface area contributed by atoms with Gasteiger partial charge in [-0.1, -0.05) is 12.8 Å². The van der Waals surface area contributed by atoms with E-state index in [1.807, 2.05) is 0 Å². The highest BCUT2D eigenvalue weighted by Crippen LogP contribution is 2.30. The molecule has 2 fully saturated rings. The standard InChI is InChI=1S/C13H26N2O/c1-16-10-9-15-12-6-3-2-5-11(12)13-7-4-8-14-13/h11-15H,2-10H2,1H3. The first-order valence-corrected chi connectivity index (χ1v) is 6.87. The van der Waals surface area contributed by atoms with Crippen molar-refractivity contribution in [1.29, 1.82) is 0 Å². The van der Waals surface area contributed by atoms with Crippen LogP contribution in [0.15, 0.2) is 0 Å². The Morgan fingerprint density at radius 3 is 2.81 bits per heavy atom. The number of hydrogen-bond donors (Lipinski definition) is 2. The first-order valence-electron chi connectivity index (χ1n) is 6.87. The fourth-order valence-corrected chi connectivity index (χ4v) is 3.32. The minimum Gasteiger partial charge on any atom is -0.383 e. The monoisotopic (exact) mass is 226 g/mol. The maximum Gasteiger partial charge on any atom is 0.0587 e. The van der Waals surface area contributed by atoms with E-state index in [0.29, 0.717) is 0 Å². The molecular weight excluding hydrogens is 200 g/mol. The lowest BCUT2D eigenvalue weighted by molar-refractivity contribution is 0.170. The molecule has 16 heavy (non-hydrogen) atoms. The molecule has 3 atom stereocenters. The Morgan fingerprint density at radius 1 is 1.19 bits per heavy atom. The van der Waals surface area contributed by atoms with Crippen molar-refractivity contribution in [2.45, 2.75) is 50.6 Å². The summed E-state index contributed by atoms with van der Waals surface area (Å²) < 4.78 is 5.12. The van der Waals surface area contributed by atoms with Crippen LogP contribution in [0.1, 0.15) is 38.5 Å². The smallest absolute Gasteiger partial charge is 0.0587 e. The molecular formula is C13H26N2O. The fourth-order valence-electron chi connectivity index (χ4n) is 3.32. The number of ether oxygens (including phenoxy) is 1. The Bertz CT molecular complexity index is 192. The third-order valence-corrected chi connectivity index (χ3v) is 4.15. The van der Waals surface area contributed by atoms with Crippen molar-refractivity contribution < 1.29 is 4.74 Å². The van der Waals surface area contributed by atoms with Gasteiger partial charge in [0.25, 0.3) is 0 Å². The summed E-state index contributed by atoms with van der Waals surface area (Å²) in [5, 5.41) is 7.36. The van der Waals surface area contributed by atoms with Gasteiger partial charge in [-0.15, -0.1) is 0 Å². The van der Waals surface area contributed by atoms with Gasteiger partial charge in [-0.2, -0.15) is 0 Å². The predicted octanol–water partition coefficient (Wildman–Crippen LogP) is 1.53. The van der Waals surface area contributed by atoms with Crippen LogP contribution in [0.25, 0.3) is 0 Å². The molecule has 1 saturated heterocycles. The van der Waals surface area contributed by atoms with E-state index in [2.05, 4.69) is 10.6 Å². The SMILES string of the molecule is COCCNC1CCCCC1C1CCCN1. The minimum atomic E-state index is 0.722. The van der Waals surface area contributed by atoms with Crippen molar-refractivity contribution in [2.75, 3.05) is 26.8 Å². The summed E-state index contributed by atoms with van der Waals surface area (Å²) in [6.45, 7) is 3.07. The second-order valence-corrected chi connectivity index (χ2v) is 5.20. The van der Waals surface area contributed by atoms with Crippen molar-refractivity contribution in [3.8, 4) is 0 Å². The van der Waals surface area contributed by atoms with Gasteiger partial charge in [0.1, 0.15) is 0 Å². The highest BCUT2D eigenvalue weighted by molar-refractivity contribution is 4.91. The molecule has 1 aliphatic heterocycles. The number of methoxy groups -OCH3 is 1. The van der Waals surface area contributed by atoms with Gasteiger partial charge >= 0.3 is 0 Å². The predicted molar refractivity (Wildman–Crippen MR) is 66.6 cm³/mol. The second-order valence-electron chi connectivity index (χ2n) is 5.20. The van der Waals surface area contributed by atoms with Crippen molar-refractivity contribution in [1.82, 2.24) is 10.6 Å². The Kier molecular flexibility index (Phi) is 5.07. The van der Waals surface area contributed by atoms with Crippen LogP contribution >= 0.6 is 0 Å². The molecule has 3 nitrogen and oxygen atoms in total. The van der Waals surface area contributed by atoms with E-state index >= 15 is 0 Å². The van der Waals surface area contributed by atoms with Crippen LogP contribution in [0, 0.1) is 5.92 Å². The molecule has 3 heteroatoms. The highest BCUT2D eigenvalue weighted by Gasteiger charge is 2.32. The average Bonchev–Trinajstić information content (AvgIpc) is 2.83. The molecule has 0 aromatic carbocycles. The molecule has 0 amide bonds. The van der Waals surface area contributed by atoms with Crippen LogP contribution in [0.2, 0.25) is 0 Å². The molecule has 0 bridgehead atoms. The zero-order valence-electron chi connectivity index (χ0n) is 10.5. The van der Waals surface area contributed by atoms with Crippen molar-refractivity contribution in [2.24, 2.45) is 5.92 Å². The molecule has 2 aliphatic rings. The largest absolute Gasteiger partial charge is 0.383 e. The van der Waals surface area contributed by atoms with Crippen LogP contribution in [0.4, 0.5) is 0 Å². The normalized spacial score (nSPS) is 35.4. The van der Waals surface area contributed by atoms with Gasteiger partial charge in [-0.3, -0.25) is 0 Å². The molecule has 1 heterocycles. The summed E-state index contributed by atoms with van der Waals surface area (Å²) >= 11 is 0. The Labute approximate surface area is 99.3 Å². The fraction of sp³-hybridized carbons (Fsp3) is 1.00. The summed E-state index contributed by atoms with van der Waals surface area (Å²) in [5.74, 6) is 0.855. The summed E-state index contributed by atoms with van der Waals surface area (Å²) in [5.41, 5.74) is 0. The molecule has 0 spiro atoms. The first kappa shape index (κ1) is 12.3. The van der Waals surface area contributed by atoms with E-state index in [1.165, 1.54) is 45.1 Å². The molecule has 1 saturated carbocycles. The average molecular weight is 226 g/mol. The van der Waals surface area contributed by atoms with Crippen LogP contribution in [0.3, 0.4) is 0 Å². The third kappa shape index (κ3) is 3.19. The molecule has 1 aliphatic carbocycles. The summed E-state index contributed by atoms with van der Waals surface area (Å²) in [6, 6.07) is 1.50. The summed E-state index contributed by atoms with van der Waals surface area (Å²) in [4.78, 5) is 0. The molecule has 2 N–H and O–H groups in total. The van der Waals surface area contributed by atoms with Gasteiger partial charge in [-0.25, -0.2) is 0 Å². The third-order valence-electron chi connectivity index (χ3n) is 4.15. The van der Waals surface area contributed by atoms with Crippen LogP contribution in [-0.2, 0) is 4.74 Å². The zero-order chi connectivity index (χ0) is 11.2. The summed E-state index contributed by atoms with van der Waals surface area (Å²) in [6.07, 6.45) is 8.33. The van der Waals surface area contributed by atoms with Crippen LogP contribution < -0.4 is 10.6 Å². The molecule has 3 unspecified atom stereocenters. The minimum absolute atomic E-state index is 0.722. The van der Waals surface area contributed by atoms with Gasteiger partial charge in [0.2, 0.25) is 0 Å². The second kappa shape index (κ2) is 6.58. The molecule has 94 valence electrons.